The standard InChI is InChI=1S/C10H15ClO2S/c11-14(12,13)10(3-4-10)9-6-7-1-2-8(9)5-7/h7-9H,1-6H2. The van der Waals surface area contributed by atoms with E-state index < -0.39 is 13.8 Å². The lowest BCUT2D eigenvalue weighted by Crippen LogP contribution is -2.32. The third-order valence-corrected chi connectivity index (χ3v) is 7.25. The molecule has 80 valence electrons. The molecule has 2 bridgehead atoms. The van der Waals surface area contributed by atoms with Gasteiger partial charge in [-0.15, -0.1) is 0 Å². The van der Waals surface area contributed by atoms with Gasteiger partial charge in [0, 0.05) is 10.7 Å². The molecule has 3 fully saturated rings. The van der Waals surface area contributed by atoms with Crippen LogP contribution in [-0.2, 0) is 9.05 Å². The summed E-state index contributed by atoms with van der Waals surface area (Å²) in [5.74, 6) is 1.86. The zero-order valence-electron chi connectivity index (χ0n) is 8.08. The van der Waals surface area contributed by atoms with Crippen molar-refractivity contribution in [2.75, 3.05) is 0 Å². The molecule has 0 heterocycles. The van der Waals surface area contributed by atoms with Gasteiger partial charge in [0.25, 0.3) is 0 Å². The van der Waals surface area contributed by atoms with E-state index >= 15 is 0 Å². The Labute approximate surface area is 89.4 Å². The minimum Gasteiger partial charge on any atom is -0.212 e. The first-order valence-corrected chi connectivity index (χ1v) is 7.78. The van der Waals surface area contributed by atoms with E-state index in [9.17, 15) is 8.42 Å². The molecule has 3 aliphatic rings. The second-order valence-electron chi connectivity index (χ2n) is 5.28. The Hall–Kier alpha value is 0.240. The smallest absolute Gasteiger partial charge is 0.212 e. The molecule has 3 saturated carbocycles. The number of hydrogen-bond donors (Lipinski definition) is 0. The van der Waals surface area contributed by atoms with Crippen LogP contribution in [0.2, 0.25) is 0 Å². The quantitative estimate of drug-likeness (QED) is 0.688. The molecule has 0 aliphatic heterocycles. The van der Waals surface area contributed by atoms with E-state index in [4.69, 9.17) is 10.7 Å². The molecule has 4 heteroatoms. The zero-order valence-corrected chi connectivity index (χ0v) is 9.65. The Balaban J connectivity index is 1.90. The maximum Gasteiger partial charge on any atom is 0.238 e. The third kappa shape index (κ3) is 1.12. The second-order valence-corrected chi connectivity index (χ2v) is 8.19. The molecular formula is C10H15ClO2S. The van der Waals surface area contributed by atoms with Crippen molar-refractivity contribution in [3.8, 4) is 0 Å². The van der Waals surface area contributed by atoms with Crippen LogP contribution < -0.4 is 0 Å². The first-order chi connectivity index (χ1) is 6.53. The maximum absolute atomic E-state index is 11.5. The molecule has 3 atom stereocenters. The van der Waals surface area contributed by atoms with E-state index in [1.54, 1.807) is 0 Å². The van der Waals surface area contributed by atoms with Crippen molar-refractivity contribution in [1.29, 1.82) is 0 Å². The molecule has 3 unspecified atom stereocenters. The highest BCUT2D eigenvalue weighted by Gasteiger charge is 2.63. The summed E-state index contributed by atoms with van der Waals surface area (Å²) in [6.07, 6.45) is 6.57. The van der Waals surface area contributed by atoms with Crippen LogP contribution in [0.4, 0.5) is 0 Å². The second kappa shape index (κ2) is 2.67. The fourth-order valence-corrected chi connectivity index (χ4v) is 5.85. The minimum atomic E-state index is -3.32. The fourth-order valence-electron chi connectivity index (χ4n) is 3.81. The van der Waals surface area contributed by atoms with Crippen LogP contribution in [0, 0.1) is 17.8 Å². The van der Waals surface area contributed by atoms with Gasteiger partial charge in [-0.1, -0.05) is 6.42 Å². The van der Waals surface area contributed by atoms with Crippen LogP contribution in [0.15, 0.2) is 0 Å². The highest BCUT2D eigenvalue weighted by Crippen LogP contribution is 2.62. The van der Waals surface area contributed by atoms with Crippen molar-refractivity contribution in [2.24, 2.45) is 17.8 Å². The van der Waals surface area contributed by atoms with E-state index in [-0.39, 0.29) is 0 Å². The molecule has 0 saturated heterocycles. The van der Waals surface area contributed by atoms with E-state index in [0.717, 1.165) is 25.2 Å². The summed E-state index contributed by atoms with van der Waals surface area (Å²) < 4.78 is 22.6. The average molecular weight is 235 g/mol. The molecule has 0 N–H and O–H groups in total. The summed E-state index contributed by atoms with van der Waals surface area (Å²) >= 11 is 0. The maximum atomic E-state index is 11.5. The van der Waals surface area contributed by atoms with Gasteiger partial charge in [0.15, 0.2) is 0 Å². The van der Waals surface area contributed by atoms with E-state index in [2.05, 4.69) is 0 Å². The third-order valence-electron chi connectivity index (χ3n) is 4.64. The van der Waals surface area contributed by atoms with E-state index in [1.165, 1.54) is 19.3 Å². The molecular weight excluding hydrogens is 220 g/mol. The summed E-state index contributed by atoms with van der Waals surface area (Å²) in [5.41, 5.74) is 0. The van der Waals surface area contributed by atoms with Crippen molar-refractivity contribution in [3.05, 3.63) is 0 Å². The fraction of sp³-hybridized carbons (Fsp3) is 1.00. The lowest BCUT2D eigenvalue weighted by Gasteiger charge is -2.28. The molecule has 14 heavy (non-hydrogen) atoms. The summed E-state index contributed by atoms with van der Waals surface area (Å²) in [5, 5.41) is 0. The number of rotatable bonds is 2. The van der Waals surface area contributed by atoms with Crippen LogP contribution in [0.5, 0.6) is 0 Å². The molecule has 0 aromatic carbocycles. The summed E-state index contributed by atoms with van der Waals surface area (Å²) in [6.45, 7) is 0. The van der Waals surface area contributed by atoms with E-state index in [1.807, 2.05) is 0 Å². The largest absolute Gasteiger partial charge is 0.238 e. The summed E-state index contributed by atoms with van der Waals surface area (Å²) in [4.78, 5) is 0. The molecule has 2 nitrogen and oxygen atoms in total. The van der Waals surface area contributed by atoms with E-state index in [0.29, 0.717) is 11.8 Å². The summed E-state index contributed by atoms with van der Waals surface area (Å²) in [7, 11) is 2.25. The Kier molecular flexibility index (Phi) is 1.81. The Morgan fingerprint density at radius 2 is 1.86 bits per heavy atom. The van der Waals surface area contributed by atoms with Crippen molar-refractivity contribution < 1.29 is 8.42 Å². The van der Waals surface area contributed by atoms with Crippen molar-refractivity contribution >= 4 is 19.7 Å². The Morgan fingerprint density at radius 1 is 1.14 bits per heavy atom. The van der Waals surface area contributed by atoms with Gasteiger partial charge in [-0.05, 0) is 49.9 Å². The number of hydrogen-bond acceptors (Lipinski definition) is 2. The normalized spacial score (nSPS) is 44.2. The highest BCUT2D eigenvalue weighted by molar-refractivity contribution is 8.15. The predicted octanol–water partition coefficient (Wildman–Crippen LogP) is 2.52. The van der Waals surface area contributed by atoms with Gasteiger partial charge in [0.2, 0.25) is 9.05 Å². The molecule has 0 radical (unpaired) electrons. The van der Waals surface area contributed by atoms with Gasteiger partial charge in [0.05, 0.1) is 4.75 Å². The van der Waals surface area contributed by atoms with Gasteiger partial charge in [-0.3, -0.25) is 0 Å². The minimum absolute atomic E-state index is 0.392. The zero-order chi connectivity index (χ0) is 9.97. The first-order valence-electron chi connectivity index (χ1n) is 5.47. The first kappa shape index (κ1) is 9.46. The van der Waals surface area contributed by atoms with Crippen molar-refractivity contribution in [2.45, 2.75) is 43.3 Å². The monoisotopic (exact) mass is 234 g/mol. The van der Waals surface area contributed by atoms with Crippen LogP contribution >= 0.6 is 10.7 Å². The Morgan fingerprint density at radius 3 is 2.21 bits per heavy atom. The number of halogens is 1. The lowest BCUT2D eigenvalue weighted by molar-refractivity contribution is 0.308. The topological polar surface area (TPSA) is 34.1 Å². The molecule has 0 spiro atoms. The lowest BCUT2D eigenvalue weighted by atomic mass is 9.85. The van der Waals surface area contributed by atoms with Gasteiger partial charge < -0.3 is 0 Å². The molecule has 3 aliphatic carbocycles. The Bertz CT molecular complexity index is 358. The van der Waals surface area contributed by atoms with Crippen LogP contribution in [0.3, 0.4) is 0 Å². The van der Waals surface area contributed by atoms with Gasteiger partial charge in [-0.2, -0.15) is 0 Å². The molecule has 0 amide bonds. The molecule has 0 aromatic heterocycles. The van der Waals surface area contributed by atoms with Crippen molar-refractivity contribution in [1.82, 2.24) is 0 Å². The van der Waals surface area contributed by atoms with Crippen molar-refractivity contribution in [3.63, 3.8) is 0 Å². The average Bonchev–Trinajstić information content (AvgIpc) is 2.67. The number of fused-ring (bicyclic) bond motifs is 2. The molecule has 0 aromatic rings. The van der Waals surface area contributed by atoms with Gasteiger partial charge in [-0.25, -0.2) is 8.42 Å². The predicted molar refractivity (Wildman–Crippen MR) is 55.7 cm³/mol. The van der Waals surface area contributed by atoms with Crippen LogP contribution in [-0.4, -0.2) is 13.2 Å². The van der Waals surface area contributed by atoms with Crippen LogP contribution in [0.25, 0.3) is 0 Å². The van der Waals surface area contributed by atoms with Gasteiger partial charge in [0.1, 0.15) is 0 Å². The SMILES string of the molecule is O=S(=O)(Cl)C1(C2CC3CCC2C3)CC1. The molecule has 3 rings (SSSR count). The highest BCUT2D eigenvalue weighted by atomic mass is 35.7. The summed E-state index contributed by atoms with van der Waals surface area (Å²) in [6, 6.07) is 0. The van der Waals surface area contributed by atoms with Gasteiger partial charge >= 0.3 is 0 Å². The van der Waals surface area contributed by atoms with Crippen LogP contribution in [0.1, 0.15) is 38.5 Å².